The lowest BCUT2D eigenvalue weighted by Gasteiger charge is -2.49. The molecule has 0 unspecified atom stereocenters. The third-order valence-electron chi connectivity index (χ3n) is 6.07. The van der Waals surface area contributed by atoms with Crippen LogP contribution in [0.2, 0.25) is 0 Å². The Balaban J connectivity index is 1.78. The van der Waals surface area contributed by atoms with Crippen LogP contribution in [0.1, 0.15) is 35.8 Å². The molecule has 0 saturated carbocycles. The van der Waals surface area contributed by atoms with Gasteiger partial charge in [-0.2, -0.15) is 0 Å². The van der Waals surface area contributed by atoms with Gasteiger partial charge in [0.25, 0.3) is 0 Å². The molecule has 5 atom stereocenters. The van der Waals surface area contributed by atoms with Gasteiger partial charge in [0.1, 0.15) is 6.04 Å². The number of carbonyl (C=O) groups is 1. The van der Waals surface area contributed by atoms with Crippen LogP contribution in [-0.2, 0) is 4.79 Å². The number of anilines is 1. The van der Waals surface area contributed by atoms with Crippen LogP contribution >= 0.6 is 15.9 Å². The molecular formula is C19H18BrNO2. The molecule has 0 saturated heterocycles. The van der Waals surface area contributed by atoms with Crippen molar-refractivity contribution in [3.8, 4) is 0 Å². The number of aliphatic carboxylic acids is 1. The Morgan fingerprint density at radius 2 is 1.83 bits per heavy atom. The number of nitrogens with zero attached hydrogens (tertiary/aromatic N) is 1. The second-order valence-corrected chi connectivity index (χ2v) is 8.09. The largest absolute Gasteiger partial charge is 0.480 e. The molecule has 4 aliphatic rings. The van der Waals surface area contributed by atoms with Crippen molar-refractivity contribution in [1.29, 1.82) is 0 Å². The van der Waals surface area contributed by atoms with E-state index in [1.165, 1.54) is 16.8 Å². The zero-order chi connectivity index (χ0) is 15.7. The molecule has 0 bridgehead atoms. The van der Waals surface area contributed by atoms with E-state index in [4.69, 9.17) is 0 Å². The SMILES string of the molecule is O=C(O)[C@H]1[C@@H]2CC=C[C@@H]2c2cc(Br)cc3c2N1C[C@@H]1CC=C[C@@H]31. The normalized spacial score (nSPS) is 35.9. The first-order valence-corrected chi connectivity index (χ1v) is 9.10. The average molecular weight is 372 g/mol. The van der Waals surface area contributed by atoms with Gasteiger partial charge in [0, 0.05) is 34.5 Å². The van der Waals surface area contributed by atoms with Crippen LogP contribution in [0.4, 0.5) is 5.69 Å². The van der Waals surface area contributed by atoms with Crippen LogP contribution in [0.25, 0.3) is 0 Å². The van der Waals surface area contributed by atoms with Gasteiger partial charge in [-0.05, 0) is 42.0 Å². The second-order valence-electron chi connectivity index (χ2n) is 7.17. The van der Waals surface area contributed by atoms with E-state index >= 15 is 0 Å². The number of carboxylic acid groups (broad SMARTS) is 1. The fraction of sp³-hybridized carbons (Fsp3) is 0.421. The molecule has 1 N–H and O–H groups in total. The molecule has 3 nitrogen and oxygen atoms in total. The molecule has 1 aromatic carbocycles. The molecule has 4 heteroatoms. The molecular weight excluding hydrogens is 354 g/mol. The molecule has 1 aromatic rings. The molecule has 118 valence electrons. The molecule has 0 amide bonds. The first kappa shape index (κ1) is 13.8. The summed E-state index contributed by atoms with van der Waals surface area (Å²) >= 11 is 3.68. The molecule has 5 rings (SSSR count). The Morgan fingerprint density at radius 3 is 2.61 bits per heavy atom. The van der Waals surface area contributed by atoms with Crippen molar-refractivity contribution in [1.82, 2.24) is 0 Å². The number of rotatable bonds is 1. The molecule has 2 aliphatic heterocycles. The smallest absolute Gasteiger partial charge is 0.326 e. The minimum absolute atomic E-state index is 0.160. The quantitative estimate of drug-likeness (QED) is 0.756. The summed E-state index contributed by atoms with van der Waals surface area (Å²) < 4.78 is 1.11. The summed E-state index contributed by atoms with van der Waals surface area (Å²) in [6.07, 6.45) is 10.9. The zero-order valence-electron chi connectivity index (χ0n) is 12.7. The van der Waals surface area contributed by atoms with E-state index in [-0.39, 0.29) is 11.8 Å². The van der Waals surface area contributed by atoms with E-state index in [1.54, 1.807) is 0 Å². The van der Waals surface area contributed by atoms with Gasteiger partial charge in [-0.25, -0.2) is 4.79 Å². The Hall–Kier alpha value is -1.55. The van der Waals surface area contributed by atoms with E-state index in [9.17, 15) is 9.90 Å². The van der Waals surface area contributed by atoms with Crippen molar-refractivity contribution in [3.05, 3.63) is 52.0 Å². The van der Waals surface area contributed by atoms with E-state index in [0.29, 0.717) is 11.8 Å². The molecule has 2 heterocycles. The Morgan fingerprint density at radius 1 is 1.13 bits per heavy atom. The maximum atomic E-state index is 12.1. The zero-order valence-corrected chi connectivity index (χ0v) is 14.2. The van der Waals surface area contributed by atoms with Crippen molar-refractivity contribution in [2.45, 2.75) is 30.7 Å². The maximum absolute atomic E-state index is 12.1. The first-order valence-electron chi connectivity index (χ1n) is 8.31. The number of halogens is 1. The summed E-state index contributed by atoms with van der Waals surface area (Å²) in [5.74, 6) is 0.674. The third kappa shape index (κ3) is 1.78. The summed E-state index contributed by atoms with van der Waals surface area (Å²) in [4.78, 5) is 14.3. The van der Waals surface area contributed by atoms with Gasteiger partial charge >= 0.3 is 5.97 Å². The third-order valence-corrected chi connectivity index (χ3v) is 6.53. The second kappa shape index (κ2) is 4.73. The lowest BCUT2D eigenvalue weighted by atomic mass is 9.72. The minimum atomic E-state index is -0.673. The monoisotopic (exact) mass is 371 g/mol. The Kier molecular flexibility index (Phi) is 2.85. The van der Waals surface area contributed by atoms with E-state index < -0.39 is 12.0 Å². The van der Waals surface area contributed by atoms with Crippen LogP contribution in [0.5, 0.6) is 0 Å². The average Bonchev–Trinajstić information content (AvgIpc) is 3.15. The van der Waals surface area contributed by atoms with Crippen LogP contribution in [-0.4, -0.2) is 23.7 Å². The van der Waals surface area contributed by atoms with Crippen LogP contribution in [0.15, 0.2) is 40.9 Å². The summed E-state index contributed by atoms with van der Waals surface area (Å²) in [6, 6.07) is 4.01. The number of carboxylic acids is 1. The number of hydrogen-bond donors (Lipinski definition) is 1. The predicted molar refractivity (Wildman–Crippen MR) is 92.9 cm³/mol. The maximum Gasteiger partial charge on any atom is 0.326 e. The fourth-order valence-corrected chi connectivity index (χ4v) is 5.70. The molecule has 0 radical (unpaired) electrons. The van der Waals surface area contributed by atoms with Gasteiger partial charge in [0.2, 0.25) is 0 Å². The molecule has 0 aromatic heterocycles. The highest BCUT2D eigenvalue weighted by Gasteiger charge is 2.49. The lowest BCUT2D eigenvalue weighted by molar-refractivity contribution is -0.140. The van der Waals surface area contributed by atoms with Crippen molar-refractivity contribution < 1.29 is 9.90 Å². The van der Waals surface area contributed by atoms with Gasteiger partial charge in [-0.1, -0.05) is 40.2 Å². The fourth-order valence-electron chi connectivity index (χ4n) is 5.21. The number of fused-ring (bicyclic) bond motifs is 4. The standard InChI is InChI=1S/C19H18BrNO2/c20-11-7-15-12-4-1-3-10(12)9-21-17(15)16(8-11)13-5-2-6-14(13)18(21)19(22)23/h1-2,4-5,7-8,10,12-14,18H,3,6,9H2,(H,22,23)/t10-,12+,13-,14+,18+/m0/s1. The Labute approximate surface area is 143 Å². The van der Waals surface area contributed by atoms with E-state index in [1.807, 2.05) is 0 Å². The first-order chi connectivity index (χ1) is 11.1. The van der Waals surface area contributed by atoms with E-state index in [2.05, 4.69) is 57.3 Å². The minimum Gasteiger partial charge on any atom is -0.480 e. The van der Waals surface area contributed by atoms with Crippen molar-refractivity contribution in [2.24, 2.45) is 11.8 Å². The van der Waals surface area contributed by atoms with Gasteiger partial charge in [0.15, 0.2) is 0 Å². The van der Waals surface area contributed by atoms with Gasteiger partial charge in [-0.3, -0.25) is 0 Å². The lowest BCUT2D eigenvalue weighted by Crippen LogP contribution is -2.54. The highest BCUT2D eigenvalue weighted by Crippen LogP contribution is 2.55. The topological polar surface area (TPSA) is 40.5 Å². The highest BCUT2D eigenvalue weighted by molar-refractivity contribution is 9.10. The highest BCUT2D eigenvalue weighted by atomic mass is 79.9. The molecule has 2 aliphatic carbocycles. The molecule has 0 spiro atoms. The summed E-state index contributed by atoms with van der Waals surface area (Å²) in [6.45, 7) is 0.861. The number of hydrogen-bond acceptors (Lipinski definition) is 2. The van der Waals surface area contributed by atoms with E-state index in [0.717, 1.165) is 23.9 Å². The van der Waals surface area contributed by atoms with Crippen molar-refractivity contribution in [2.75, 3.05) is 11.4 Å². The molecule has 0 fully saturated rings. The van der Waals surface area contributed by atoms with Crippen LogP contribution < -0.4 is 4.90 Å². The van der Waals surface area contributed by atoms with Gasteiger partial charge in [-0.15, -0.1) is 0 Å². The summed E-state index contributed by atoms with van der Waals surface area (Å²) in [5, 5.41) is 9.93. The number of benzene rings is 1. The summed E-state index contributed by atoms with van der Waals surface area (Å²) in [5.41, 5.74) is 3.81. The summed E-state index contributed by atoms with van der Waals surface area (Å²) in [7, 11) is 0. The van der Waals surface area contributed by atoms with Gasteiger partial charge < -0.3 is 10.0 Å². The predicted octanol–water partition coefficient (Wildman–Crippen LogP) is 4.06. The van der Waals surface area contributed by atoms with Crippen LogP contribution in [0, 0.1) is 11.8 Å². The van der Waals surface area contributed by atoms with Crippen molar-refractivity contribution >= 4 is 27.6 Å². The number of allylic oxidation sites excluding steroid dienone is 4. The van der Waals surface area contributed by atoms with Crippen LogP contribution in [0.3, 0.4) is 0 Å². The van der Waals surface area contributed by atoms with Crippen molar-refractivity contribution in [3.63, 3.8) is 0 Å². The Bertz CT molecular complexity index is 752. The molecule has 23 heavy (non-hydrogen) atoms. The van der Waals surface area contributed by atoms with Gasteiger partial charge in [0.05, 0.1) is 0 Å².